The molecule has 0 radical (unpaired) electrons. The third-order valence-electron chi connectivity index (χ3n) is 8.73. The molecule has 2 aromatic heterocycles. The van der Waals surface area contributed by atoms with Gasteiger partial charge in [0.2, 0.25) is 17.6 Å². The second-order valence-electron chi connectivity index (χ2n) is 13.5. The minimum atomic E-state index is -0.806. The standard InChI is InChI=1S/C36H41N9O4/c1-36(2,3)49-35(48)37-20-23-9-13-26(14-10-23)33(46)40-31(34(47)39-27-17-15-25(16-18-27)32-42-44-45-43-32)19-22-7-11-24(12-8-22)28-5-4-6-30-29(28)21-38-41-30/h4-8,11-12,15-18,21,23,26,31H,9-10,13-14,19-20H2,1-3H3,(H,37,48)(H,38,41)(H,39,47)(H,40,46)(H,42,43,44,45). The highest BCUT2D eigenvalue weighted by Gasteiger charge is 2.30. The van der Waals surface area contributed by atoms with Crippen molar-refractivity contribution in [2.24, 2.45) is 11.8 Å². The zero-order chi connectivity index (χ0) is 34.4. The lowest BCUT2D eigenvalue weighted by Crippen LogP contribution is -2.48. The lowest BCUT2D eigenvalue weighted by molar-refractivity contribution is -0.130. The van der Waals surface area contributed by atoms with Crippen LogP contribution in [0, 0.1) is 11.8 Å². The van der Waals surface area contributed by atoms with Crippen LogP contribution in [0.4, 0.5) is 10.5 Å². The summed E-state index contributed by atoms with van der Waals surface area (Å²) in [6, 6.07) is 20.4. The molecule has 5 N–H and O–H groups in total. The second kappa shape index (κ2) is 14.7. The smallest absolute Gasteiger partial charge is 0.407 e. The van der Waals surface area contributed by atoms with E-state index in [-0.39, 0.29) is 23.7 Å². The van der Waals surface area contributed by atoms with Crippen molar-refractivity contribution in [1.29, 1.82) is 0 Å². The van der Waals surface area contributed by atoms with Crippen molar-refractivity contribution in [3.63, 3.8) is 0 Å². The van der Waals surface area contributed by atoms with Gasteiger partial charge in [0.05, 0.1) is 11.7 Å². The van der Waals surface area contributed by atoms with Gasteiger partial charge in [-0.3, -0.25) is 14.7 Å². The van der Waals surface area contributed by atoms with Gasteiger partial charge in [0.15, 0.2) is 0 Å². The SMILES string of the molecule is CC(C)(C)OC(=O)NCC1CCC(C(=O)NC(Cc2ccc(-c3cccc4[nH]ncc34)cc2)C(=O)Nc2ccc(-c3nn[nH]n3)cc2)CC1. The quantitative estimate of drug-likeness (QED) is 0.132. The molecule has 13 nitrogen and oxygen atoms in total. The molecule has 3 amide bonds. The number of aromatic amines is 2. The Hall–Kier alpha value is -5.59. The summed E-state index contributed by atoms with van der Waals surface area (Å²) in [7, 11) is 0. The Morgan fingerprint density at radius 1 is 0.939 bits per heavy atom. The van der Waals surface area contributed by atoms with Crippen LogP contribution in [0.2, 0.25) is 0 Å². The van der Waals surface area contributed by atoms with Crippen LogP contribution in [0.25, 0.3) is 33.4 Å². The molecule has 5 aromatic rings. The number of aromatic nitrogens is 6. The predicted molar refractivity (Wildman–Crippen MR) is 185 cm³/mol. The maximum atomic E-state index is 13.7. The third-order valence-corrected chi connectivity index (χ3v) is 8.73. The zero-order valence-corrected chi connectivity index (χ0v) is 27.8. The normalized spacial score (nSPS) is 16.9. The number of rotatable bonds is 10. The van der Waals surface area contributed by atoms with Gasteiger partial charge < -0.3 is 20.7 Å². The van der Waals surface area contributed by atoms with E-state index in [1.54, 1.807) is 24.3 Å². The van der Waals surface area contributed by atoms with Gasteiger partial charge in [-0.15, -0.1) is 10.2 Å². The van der Waals surface area contributed by atoms with Crippen molar-refractivity contribution in [1.82, 2.24) is 41.5 Å². The number of hydrogen-bond donors (Lipinski definition) is 5. The molecule has 1 aliphatic rings. The van der Waals surface area contributed by atoms with Gasteiger partial charge >= 0.3 is 6.09 Å². The highest BCUT2D eigenvalue weighted by Crippen LogP contribution is 2.30. The number of tetrazole rings is 1. The number of benzene rings is 3. The fraction of sp³-hybridized carbons (Fsp3) is 0.361. The van der Waals surface area contributed by atoms with Gasteiger partial charge in [-0.05, 0) is 105 Å². The zero-order valence-electron chi connectivity index (χ0n) is 27.8. The van der Waals surface area contributed by atoms with E-state index >= 15 is 0 Å². The first-order valence-electron chi connectivity index (χ1n) is 16.5. The highest BCUT2D eigenvalue weighted by atomic mass is 16.6. The van der Waals surface area contributed by atoms with Crippen molar-refractivity contribution < 1.29 is 19.1 Å². The lowest BCUT2D eigenvalue weighted by atomic mass is 9.81. The molecule has 49 heavy (non-hydrogen) atoms. The van der Waals surface area contributed by atoms with E-state index in [0.29, 0.717) is 37.3 Å². The second-order valence-corrected chi connectivity index (χ2v) is 13.5. The van der Waals surface area contributed by atoms with E-state index in [4.69, 9.17) is 4.74 Å². The van der Waals surface area contributed by atoms with Crippen molar-refractivity contribution in [3.05, 3.63) is 78.5 Å². The number of alkyl carbamates (subject to hydrolysis) is 1. The highest BCUT2D eigenvalue weighted by molar-refractivity contribution is 5.98. The van der Waals surface area contributed by atoms with Gasteiger partial charge in [0, 0.05) is 35.5 Å². The van der Waals surface area contributed by atoms with Crippen LogP contribution in [0.15, 0.2) is 72.9 Å². The summed E-state index contributed by atoms with van der Waals surface area (Å²) in [4.78, 5) is 39.4. The monoisotopic (exact) mass is 663 g/mol. The fourth-order valence-corrected chi connectivity index (χ4v) is 6.16. The summed E-state index contributed by atoms with van der Waals surface area (Å²) in [5, 5.41) is 31.1. The number of H-pyrrole nitrogens is 2. The van der Waals surface area contributed by atoms with Crippen LogP contribution < -0.4 is 16.0 Å². The topological polar surface area (TPSA) is 180 Å². The number of carbonyl (C=O) groups is 3. The molecule has 0 spiro atoms. The van der Waals surface area contributed by atoms with E-state index in [0.717, 1.165) is 46.0 Å². The van der Waals surface area contributed by atoms with E-state index in [1.807, 2.05) is 63.4 Å². The number of ether oxygens (including phenoxy) is 1. The minimum Gasteiger partial charge on any atom is -0.444 e. The number of hydrogen-bond acceptors (Lipinski definition) is 8. The average Bonchev–Trinajstić information content (AvgIpc) is 3.80. The molecule has 0 bridgehead atoms. The van der Waals surface area contributed by atoms with Crippen molar-refractivity contribution in [2.45, 2.75) is 64.5 Å². The van der Waals surface area contributed by atoms with Crippen LogP contribution in [0.3, 0.4) is 0 Å². The van der Waals surface area contributed by atoms with E-state index in [9.17, 15) is 14.4 Å². The first-order chi connectivity index (χ1) is 23.6. The molecule has 2 heterocycles. The van der Waals surface area contributed by atoms with Gasteiger partial charge in [0.1, 0.15) is 11.6 Å². The summed E-state index contributed by atoms with van der Waals surface area (Å²) < 4.78 is 5.35. The van der Waals surface area contributed by atoms with Crippen molar-refractivity contribution >= 4 is 34.5 Å². The van der Waals surface area contributed by atoms with Crippen molar-refractivity contribution in [3.8, 4) is 22.5 Å². The number of nitrogens with one attached hydrogen (secondary N) is 5. The molecule has 3 aromatic carbocycles. The van der Waals surface area contributed by atoms with Gasteiger partial charge in [-0.2, -0.15) is 10.3 Å². The number of carbonyl (C=O) groups excluding carboxylic acids is 3. The fourth-order valence-electron chi connectivity index (χ4n) is 6.16. The summed E-state index contributed by atoms with van der Waals surface area (Å²) in [6.45, 7) is 5.99. The number of fused-ring (bicyclic) bond motifs is 1. The summed E-state index contributed by atoms with van der Waals surface area (Å²) in [6.07, 6.45) is 4.62. The Kier molecular flexibility index (Phi) is 9.97. The molecule has 1 atom stereocenters. The van der Waals surface area contributed by atoms with Crippen LogP contribution in [-0.4, -0.2) is 66.9 Å². The Bertz CT molecular complexity index is 1870. The number of nitrogens with zero attached hydrogens (tertiary/aromatic N) is 4. The third kappa shape index (κ3) is 8.66. The Morgan fingerprint density at radius 2 is 1.67 bits per heavy atom. The summed E-state index contributed by atoms with van der Waals surface area (Å²) in [5.74, 6) is 0.0287. The molecule has 13 heteroatoms. The van der Waals surface area contributed by atoms with Crippen molar-refractivity contribution in [2.75, 3.05) is 11.9 Å². The van der Waals surface area contributed by atoms with E-state index < -0.39 is 17.7 Å². The Labute approximate surface area is 284 Å². The molecule has 1 saturated carbocycles. The summed E-state index contributed by atoms with van der Waals surface area (Å²) in [5.41, 5.74) is 4.73. The van der Waals surface area contributed by atoms with Crippen LogP contribution >= 0.6 is 0 Å². The van der Waals surface area contributed by atoms with Crippen LogP contribution in [0.1, 0.15) is 52.0 Å². The Balaban J connectivity index is 1.11. The van der Waals surface area contributed by atoms with Crippen LogP contribution in [-0.2, 0) is 20.7 Å². The largest absolute Gasteiger partial charge is 0.444 e. The molecule has 254 valence electrons. The molecule has 1 unspecified atom stereocenters. The molecule has 1 fully saturated rings. The molecular formula is C36H41N9O4. The summed E-state index contributed by atoms with van der Waals surface area (Å²) >= 11 is 0. The maximum Gasteiger partial charge on any atom is 0.407 e. The first-order valence-corrected chi connectivity index (χ1v) is 16.5. The minimum absolute atomic E-state index is 0.144. The predicted octanol–water partition coefficient (Wildman–Crippen LogP) is 5.41. The number of anilines is 1. The van der Waals surface area contributed by atoms with E-state index in [2.05, 4.69) is 52.8 Å². The van der Waals surface area contributed by atoms with E-state index in [1.165, 1.54) is 0 Å². The molecular weight excluding hydrogens is 622 g/mol. The van der Waals surface area contributed by atoms with Gasteiger partial charge in [-0.1, -0.05) is 36.4 Å². The first kappa shape index (κ1) is 33.3. The van der Waals surface area contributed by atoms with Gasteiger partial charge in [-0.25, -0.2) is 4.79 Å². The lowest BCUT2D eigenvalue weighted by Gasteiger charge is -2.29. The molecule has 1 aliphatic carbocycles. The van der Waals surface area contributed by atoms with Gasteiger partial charge in [0.25, 0.3) is 0 Å². The molecule has 0 saturated heterocycles. The maximum absolute atomic E-state index is 13.7. The molecule has 6 rings (SSSR count). The Morgan fingerprint density at radius 3 is 2.37 bits per heavy atom. The number of amides is 3. The van der Waals surface area contributed by atoms with Crippen LogP contribution in [0.5, 0.6) is 0 Å². The average molecular weight is 664 g/mol. The molecule has 0 aliphatic heterocycles.